The van der Waals surface area contributed by atoms with Crippen molar-refractivity contribution in [3.8, 4) is 0 Å². The highest BCUT2D eigenvalue weighted by Crippen LogP contribution is 2.35. The molecule has 0 saturated carbocycles. The molecule has 7 nitrogen and oxygen atoms in total. The summed E-state index contributed by atoms with van der Waals surface area (Å²) >= 11 is 0. The van der Waals surface area contributed by atoms with Gasteiger partial charge in [-0.3, -0.25) is 10.00 Å². The second-order valence-electron chi connectivity index (χ2n) is 9.23. The Hall–Kier alpha value is -2.52. The molecule has 1 aromatic carbocycles. The zero-order valence-electron chi connectivity index (χ0n) is 18.2. The summed E-state index contributed by atoms with van der Waals surface area (Å²) in [5.74, 6) is -1.13. The first-order chi connectivity index (χ1) is 14.6. The molecular formula is C22H28F2N4O3. The molecular weight excluding hydrogens is 406 g/mol. The van der Waals surface area contributed by atoms with Crippen LogP contribution in [0.4, 0.5) is 13.6 Å². The molecule has 0 unspecified atom stereocenters. The summed E-state index contributed by atoms with van der Waals surface area (Å²) in [5.41, 5.74) is 2.63. The molecule has 31 heavy (non-hydrogen) atoms. The van der Waals surface area contributed by atoms with Gasteiger partial charge in [-0.05, 0) is 52.3 Å². The van der Waals surface area contributed by atoms with Crippen molar-refractivity contribution >= 4 is 6.09 Å². The Balaban J connectivity index is 1.54. The van der Waals surface area contributed by atoms with Crippen molar-refractivity contribution < 1.29 is 23.0 Å². The number of carbonyl (C=O) groups is 1. The number of aromatic amines is 1. The second-order valence-corrected chi connectivity index (χ2v) is 9.23. The Kier molecular flexibility index (Phi) is 5.74. The van der Waals surface area contributed by atoms with Gasteiger partial charge in [0.25, 0.3) is 0 Å². The van der Waals surface area contributed by atoms with Crippen LogP contribution >= 0.6 is 0 Å². The summed E-state index contributed by atoms with van der Waals surface area (Å²) in [5, 5.41) is 10.1. The van der Waals surface area contributed by atoms with E-state index in [2.05, 4.69) is 20.4 Å². The van der Waals surface area contributed by atoms with Crippen LogP contribution in [0, 0.1) is 18.6 Å². The van der Waals surface area contributed by atoms with E-state index in [9.17, 15) is 13.6 Å². The lowest BCUT2D eigenvalue weighted by atomic mass is 9.92. The molecule has 1 aromatic heterocycles. The van der Waals surface area contributed by atoms with Crippen molar-refractivity contribution in [3.05, 3.63) is 52.3 Å². The van der Waals surface area contributed by atoms with Gasteiger partial charge in [0.15, 0.2) is 0 Å². The number of hydrogen-bond donors (Lipinski definition) is 2. The van der Waals surface area contributed by atoms with E-state index in [4.69, 9.17) is 9.47 Å². The van der Waals surface area contributed by atoms with E-state index in [1.165, 1.54) is 5.56 Å². The number of H-pyrrole nitrogens is 1. The fourth-order valence-corrected chi connectivity index (χ4v) is 4.27. The maximum atomic E-state index is 14.5. The lowest BCUT2D eigenvalue weighted by molar-refractivity contribution is -0.0629. The molecule has 1 amide bonds. The molecule has 2 aliphatic rings. The smallest absolute Gasteiger partial charge is 0.407 e. The molecule has 9 heteroatoms. The molecule has 0 bridgehead atoms. The highest BCUT2D eigenvalue weighted by molar-refractivity contribution is 5.68. The molecule has 2 N–H and O–H groups in total. The first-order valence-electron chi connectivity index (χ1n) is 10.4. The van der Waals surface area contributed by atoms with Crippen LogP contribution in [0.5, 0.6) is 0 Å². The van der Waals surface area contributed by atoms with Crippen molar-refractivity contribution in [1.29, 1.82) is 0 Å². The van der Waals surface area contributed by atoms with Crippen molar-refractivity contribution in [3.63, 3.8) is 0 Å². The van der Waals surface area contributed by atoms with Crippen LogP contribution in [-0.4, -0.2) is 45.5 Å². The number of hydrogen-bond acceptors (Lipinski definition) is 5. The van der Waals surface area contributed by atoms with Gasteiger partial charge in [0, 0.05) is 30.3 Å². The third kappa shape index (κ3) is 4.72. The normalized spacial score (nSPS) is 24.1. The molecule has 3 atom stereocenters. The molecule has 0 spiro atoms. The van der Waals surface area contributed by atoms with E-state index >= 15 is 0 Å². The summed E-state index contributed by atoms with van der Waals surface area (Å²) in [6.45, 7) is 9.03. The summed E-state index contributed by atoms with van der Waals surface area (Å²) in [6.07, 6.45) is -0.921. The van der Waals surface area contributed by atoms with E-state index in [0.29, 0.717) is 19.6 Å². The van der Waals surface area contributed by atoms with Gasteiger partial charge < -0.3 is 14.8 Å². The number of ether oxygens (including phenoxy) is 2. The summed E-state index contributed by atoms with van der Waals surface area (Å²) < 4.78 is 39.8. The Morgan fingerprint density at radius 1 is 1.32 bits per heavy atom. The van der Waals surface area contributed by atoms with E-state index in [1.807, 2.05) is 6.92 Å². The molecule has 3 heterocycles. The molecule has 168 valence electrons. The number of amides is 1. The minimum absolute atomic E-state index is 0.00647. The van der Waals surface area contributed by atoms with Crippen molar-refractivity contribution in [2.24, 2.45) is 0 Å². The van der Waals surface area contributed by atoms with Crippen LogP contribution in [0.1, 0.15) is 55.8 Å². The van der Waals surface area contributed by atoms with Crippen LogP contribution in [0.3, 0.4) is 0 Å². The Morgan fingerprint density at radius 3 is 2.81 bits per heavy atom. The summed E-state index contributed by atoms with van der Waals surface area (Å²) in [6, 6.07) is 2.68. The highest BCUT2D eigenvalue weighted by Gasteiger charge is 2.40. The van der Waals surface area contributed by atoms with Gasteiger partial charge in [0.2, 0.25) is 0 Å². The third-order valence-electron chi connectivity index (χ3n) is 5.72. The van der Waals surface area contributed by atoms with Crippen molar-refractivity contribution in [2.45, 2.75) is 71.0 Å². The van der Waals surface area contributed by atoms with Crippen LogP contribution in [0.15, 0.2) is 18.2 Å². The lowest BCUT2D eigenvalue weighted by Gasteiger charge is -2.40. The lowest BCUT2D eigenvalue weighted by Crippen LogP contribution is -2.52. The largest absolute Gasteiger partial charge is 0.444 e. The van der Waals surface area contributed by atoms with Crippen LogP contribution in [-0.2, 0) is 22.6 Å². The van der Waals surface area contributed by atoms with E-state index in [0.717, 1.165) is 36.1 Å². The van der Waals surface area contributed by atoms with Crippen molar-refractivity contribution in [2.75, 3.05) is 6.61 Å². The van der Waals surface area contributed by atoms with Crippen molar-refractivity contribution in [1.82, 2.24) is 20.4 Å². The SMILES string of the molecule is Cc1n[nH]c2c1CN([C@H]1CO[C@H](c3cc(F)ccc3F)[C@@H](NC(=O)OC(C)(C)C)C1)C2. The van der Waals surface area contributed by atoms with Gasteiger partial charge in [-0.25, -0.2) is 13.6 Å². The van der Waals surface area contributed by atoms with Gasteiger partial charge in [-0.1, -0.05) is 0 Å². The molecule has 0 aliphatic carbocycles. The monoisotopic (exact) mass is 434 g/mol. The first kappa shape index (κ1) is 21.7. The average molecular weight is 434 g/mol. The number of benzene rings is 1. The van der Waals surface area contributed by atoms with E-state index in [1.54, 1.807) is 20.8 Å². The number of nitrogens with one attached hydrogen (secondary N) is 2. The summed E-state index contributed by atoms with van der Waals surface area (Å²) in [7, 11) is 0. The Morgan fingerprint density at radius 2 is 2.10 bits per heavy atom. The Labute approximate surface area is 180 Å². The Bertz CT molecular complexity index is 972. The number of nitrogens with zero attached hydrogens (tertiary/aromatic N) is 2. The molecule has 1 fully saturated rings. The van der Waals surface area contributed by atoms with E-state index in [-0.39, 0.29) is 11.6 Å². The number of alkyl carbamates (subject to hydrolysis) is 1. The fraction of sp³-hybridized carbons (Fsp3) is 0.545. The predicted molar refractivity (Wildman–Crippen MR) is 109 cm³/mol. The maximum Gasteiger partial charge on any atom is 0.407 e. The molecule has 1 saturated heterocycles. The van der Waals surface area contributed by atoms with Gasteiger partial charge in [-0.15, -0.1) is 0 Å². The van der Waals surface area contributed by atoms with Crippen LogP contribution in [0.2, 0.25) is 0 Å². The number of rotatable bonds is 3. The van der Waals surface area contributed by atoms with Gasteiger partial charge >= 0.3 is 6.09 Å². The molecule has 2 aromatic rings. The van der Waals surface area contributed by atoms with Crippen LogP contribution in [0.25, 0.3) is 0 Å². The van der Waals surface area contributed by atoms with Gasteiger partial charge in [-0.2, -0.15) is 5.10 Å². The average Bonchev–Trinajstić information content (AvgIpc) is 3.24. The number of aromatic nitrogens is 2. The van der Waals surface area contributed by atoms with Gasteiger partial charge in [0.05, 0.1) is 24.0 Å². The topological polar surface area (TPSA) is 79.5 Å². The molecule has 4 rings (SSSR count). The molecule has 0 radical (unpaired) electrons. The zero-order chi connectivity index (χ0) is 22.3. The molecule has 2 aliphatic heterocycles. The maximum absolute atomic E-state index is 14.5. The quantitative estimate of drug-likeness (QED) is 0.770. The number of carbonyl (C=O) groups excluding carboxylic acids is 1. The van der Waals surface area contributed by atoms with Gasteiger partial charge in [0.1, 0.15) is 23.3 Å². The zero-order valence-corrected chi connectivity index (χ0v) is 18.2. The minimum atomic E-state index is -0.816. The predicted octanol–water partition coefficient (Wildman–Crippen LogP) is 3.74. The second kappa shape index (κ2) is 8.20. The summed E-state index contributed by atoms with van der Waals surface area (Å²) in [4.78, 5) is 14.7. The third-order valence-corrected chi connectivity index (χ3v) is 5.72. The number of halogens is 2. The van der Waals surface area contributed by atoms with E-state index < -0.39 is 35.5 Å². The standard InChI is InChI=1S/C22H28F2N4O3/c1-12-16-9-28(10-19(16)27-26-12)14-8-18(25-21(29)31-22(2,3)4)20(30-11-14)15-7-13(23)5-6-17(15)24/h5-7,14,18,20H,8-11H2,1-4H3,(H,25,29)(H,26,27)/t14-,18+,20-/m1/s1. The minimum Gasteiger partial charge on any atom is -0.444 e. The number of fused-ring (bicyclic) bond motifs is 1. The van der Waals surface area contributed by atoms with Crippen LogP contribution < -0.4 is 5.32 Å². The fourth-order valence-electron chi connectivity index (χ4n) is 4.27. The number of aryl methyl sites for hydroxylation is 1. The highest BCUT2D eigenvalue weighted by atomic mass is 19.1. The first-order valence-corrected chi connectivity index (χ1v) is 10.4.